The average molecular weight is 553 g/mol. The average Bonchev–Trinajstić information content (AvgIpc) is 3.39. The minimum Gasteiger partial charge on any atom is -0.477 e. The molecule has 39 heavy (non-hydrogen) atoms. The number of hydrogen-bond donors (Lipinski definition) is 3. The zero-order valence-electron chi connectivity index (χ0n) is 22.5. The van der Waals surface area contributed by atoms with Gasteiger partial charge in [0, 0.05) is 24.1 Å². The summed E-state index contributed by atoms with van der Waals surface area (Å²) in [5.41, 5.74) is 1.23. The predicted octanol–water partition coefficient (Wildman–Crippen LogP) is 4.88. The Hall–Kier alpha value is -3.96. The van der Waals surface area contributed by atoms with Crippen molar-refractivity contribution in [3.63, 3.8) is 0 Å². The molecule has 0 fully saturated rings. The maximum absolute atomic E-state index is 13.3. The van der Waals surface area contributed by atoms with Crippen LogP contribution in [0.2, 0.25) is 0 Å². The quantitative estimate of drug-likeness (QED) is 0.252. The van der Waals surface area contributed by atoms with Crippen molar-refractivity contribution in [2.24, 2.45) is 0 Å². The van der Waals surface area contributed by atoms with Crippen LogP contribution in [0.3, 0.4) is 0 Å². The fraction of sp³-hybridized carbons (Fsp3) is 0.321. The van der Waals surface area contributed by atoms with Crippen molar-refractivity contribution in [1.29, 1.82) is 0 Å². The van der Waals surface area contributed by atoms with E-state index >= 15 is 0 Å². The van der Waals surface area contributed by atoms with E-state index in [1.54, 1.807) is 48.7 Å². The molecule has 3 N–H and O–H groups in total. The molecule has 2 aromatic heterocycles. The van der Waals surface area contributed by atoms with Gasteiger partial charge in [-0.25, -0.2) is 18.2 Å². The number of rotatable bonds is 10. The lowest BCUT2D eigenvalue weighted by atomic mass is 10.0. The van der Waals surface area contributed by atoms with Crippen molar-refractivity contribution in [3.05, 3.63) is 82.6 Å². The van der Waals surface area contributed by atoms with Crippen LogP contribution in [-0.4, -0.2) is 39.3 Å². The van der Waals surface area contributed by atoms with E-state index in [0.29, 0.717) is 34.7 Å². The Balaban J connectivity index is 1.68. The van der Waals surface area contributed by atoms with Gasteiger partial charge >= 0.3 is 5.97 Å². The molecule has 2 aromatic carbocycles. The summed E-state index contributed by atoms with van der Waals surface area (Å²) < 4.78 is 35.8. The van der Waals surface area contributed by atoms with Crippen LogP contribution < -0.4 is 4.72 Å². The number of aromatic nitrogens is 3. The van der Waals surface area contributed by atoms with Crippen LogP contribution in [0.25, 0.3) is 11.1 Å². The van der Waals surface area contributed by atoms with E-state index in [9.17, 15) is 23.4 Å². The second kappa shape index (κ2) is 10.7. The van der Waals surface area contributed by atoms with Crippen LogP contribution in [0.15, 0.2) is 57.9 Å². The van der Waals surface area contributed by atoms with Crippen LogP contribution >= 0.6 is 0 Å². The molecule has 0 aliphatic rings. The number of aliphatic hydroxyl groups is 1. The lowest BCUT2D eigenvalue weighted by Gasteiger charge is -2.16. The third kappa shape index (κ3) is 5.74. The maximum atomic E-state index is 13.3. The van der Waals surface area contributed by atoms with Gasteiger partial charge in [-0.1, -0.05) is 54.5 Å². The van der Waals surface area contributed by atoms with Crippen LogP contribution in [0, 0.1) is 13.8 Å². The van der Waals surface area contributed by atoms with E-state index in [-0.39, 0.29) is 28.6 Å². The highest BCUT2D eigenvalue weighted by molar-refractivity contribution is 7.92. The summed E-state index contributed by atoms with van der Waals surface area (Å²) in [6.45, 7) is 8.66. The van der Waals surface area contributed by atoms with Crippen LogP contribution in [0.4, 0.5) is 5.82 Å². The molecule has 0 aliphatic carbocycles. The molecule has 0 radical (unpaired) electrons. The number of imidazole rings is 1. The summed E-state index contributed by atoms with van der Waals surface area (Å²) in [4.78, 5) is 16.7. The number of carboxylic acid groups (broad SMARTS) is 1. The van der Waals surface area contributed by atoms with Gasteiger partial charge in [-0.2, -0.15) is 0 Å². The third-order valence-electron chi connectivity index (χ3n) is 6.47. The molecule has 0 unspecified atom stereocenters. The highest BCUT2D eigenvalue weighted by Gasteiger charge is 2.31. The van der Waals surface area contributed by atoms with Gasteiger partial charge in [-0.05, 0) is 51.3 Å². The van der Waals surface area contributed by atoms with Gasteiger partial charge in [0.15, 0.2) is 11.5 Å². The van der Waals surface area contributed by atoms with Crippen LogP contribution in [0.1, 0.15) is 66.1 Å². The number of carboxylic acids is 1. The Kier molecular flexibility index (Phi) is 7.67. The molecule has 4 rings (SSSR count). The monoisotopic (exact) mass is 552 g/mol. The number of nitrogens with zero attached hydrogens (tertiary/aromatic N) is 3. The Morgan fingerprint density at radius 1 is 1.10 bits per heavy atom. The second-order valence-electron chi connectivity index (χ2n) is 9.94. The normalized spacial score (nSPS) is 12.1. The molecule has 0 aliphatic heterocycles. The maximum Gasteiger partial charge on any atom is 0.354 e. The first-order valence-corrected chi connectivity index (χ1v) is 14.0. The molecule has 0 saturated carbocycles. The van der Waals surface area contributed by atoms with E-state index in [2.05, 4.69) is 14.9 Å². The molecule has 2 heterocycles. The second-order valence-corrected chi connectivity index (χ2v) is 11.6. The number of hydrogen-bond acceptors (Lipinski definition) is 7. The van der Waals surface area contributed by atoms with Crippen LogP contribution in [-0.2, 0) is 28.6 Å². The minimum atomic E-state index is -3.97. The Morgan fingerprint density at radius 3 is 2.33 bits per heavy atom. The zero-order chi connectivity index (χ0) is 28.5. The van der Waals surface area contributed by atoms with Gasteiger partial charge in [-0.15, -0.1) is 0 Å². The number of aryl methyl sites for hydroxylation is 2. The highest BCUT2D eigenvalue weighted by Crippen LogP contribution is 2.31. The van der Waals surface area contributed by atoms with Crippen molar-refractivity contribution in [2.45, 2.75) is 64.5 Å². The summed E-state index contributed by atoms with van der Waals surface area (Å²) >= 11 is 0. The summed E-state index contributed by atoms with van der Waals surface area (Å²) in [7, 11) is -3.97. The topological polar surface area (TPSA) is 148 Å². The molecule has 10 nitrogen and oxygen atoms in total. The Bertz CT molecular complexity index is 1610. The van der Waals surface area contributed by atoms with E-state index in [1.165, 1.54) is 19.9 Å². The molecule has 11 heteroatoms. The number of nitrogens with one attached hydrogen (secondary N) is 1. The Labute approximate surface area is 227 Å². The van der Waals surface area contributed by atoms with Gasteiger partial charge in [0.05, 0.1) is 4.90 Å². The van der Waals surface area contributed by atoms with E-state index in [4.69, 9.17) is 4.52 Å². The molecule has 0 bridgehead atoms. The summed E-state index contributed by atoms with van der Waals surface area (Å²) in [6.07, 6.45) is 1.31. The largest absolute Gasteiger partial charge is 0.477 e. The summed E-state index contributed by atoms with van der Waals surface area (Å²) in [5, 5.41) is 24.3. The number of anilines is 1. The van der Waals surface area contributed by atoms with Crippen molar-refractivity contribution < 1.29 is 27.9 Å². The molecule has 0 saturated heterocycles. The third-order valence-corrected chi connectivity index (χ3v) is 7.87. The highest BCUT2D eigenvalue weighted by atomic mass is 32.2. The molecule has 0 atom stereocenters. The number of aromatic carboxylic acids is 1. The van der Waals surface area contributed by atoms with Crippen molar-refractivity contribution in [2.75, 3.05) is 4.72 Å². The smallest absolute Gasteiger partial charge is 0.354 e. The fourth-order valence-corrected chi connectivity index (χ4v) is 5.62. The van der Waals surface area contributed by atoms with Gasteiger partial charge in [0.1, 0.15) is 22.9 Å². The number of benzene rings is 2. The van der Waals surface area contributed by atoms with Gasteiger partial charge in [0.25, 0.3) is 10.0 Å². The van der Waals surface area contributed by atoms with Gasteiger partial charge < -0.3 is 19.3 Å². The first-order valence-electron chi connectivity index (χ1n) is 12.5. The first kappa shape index (κ1) is 28.1. The lowest BCUT2D eigenvalue weighted by molar-refractivity contribution is 0.0602. The van der Waals surface area contributed by atoms with Crippen molar-refractivity contribution >= 4 is 21.8 Å². The number of carbonyl (C=O) groups is 1. The summed E-state index contributed by atoms with van der Waals surface area (Å²) in [6, 6.07) is 13.9. The molecule has 0 spiro atoms. The van der Waals surface area contributed by atoms with Crippen LogP contribution in [0.5, 0.6) is 0 Å². The lowest BCUT2D eigenvalue weighted by Crippen LogP contribution is -2.22. The van der Waals surface area contributed by atoms with E-state index < -0.39 is 21.6 Å². The molecule has 0 amide bonds. The van der Waals surface area contributed by atoms with Gasteiger partial charge in [-0.3, -0.25) is 4.72 Å². The molecular weight excluding hydrogens is 520 g/mol. The van der Waals surface area contributed by atoms with Gasteiger partial charge in [0.2, 0.25) is 0 Å². The predicted molar refractivity (Wildman–Crippen MR) is 146 cm³/mol. The molecule has 206 valence electrons. The standard InChI is InChI=1S/C28H32N4O6S/c1-6-9-23-29-25(28(4,5)35)24(27(33)34)32(23)16-19-12-14-20(15-13-19)21-10-7-8-11-22(21)39(36,37)31-26-17(2)18(3)38-30-26/h7-8,10-15,35H,6,9,16H2,1-5H3,(H,30,31)(H,33,34). The molecular formula is C28H32N4O6S. The van der Waals surface area contributed by atoms with E-state index in [0.717, 1.165) is 12.0 Å². The number of sulfonamides is 1. The Morgan fingerprint density at radius 2 is 1.77 bits per heavy atom. The zero-order valence-corrected chi connectivity index (χ0v) is 23.3. The SMILES string of the molecule is CCCc1nc(C(C)(C)O)c(C(=O)O)n1Cc1ccc(-c2ccccc2S(=O)(=O)Nc2noc(C)c2C)cc1. The summed E-state index contributed by atoms with van der Waals surface area (Å²) in [5.74, 6) is 0.0811. The van der Waals surface area contributed by atoms with Crippen molar-refractivity contribution in [3.8, 4) is 11.1 Å². The minimum absolute atomic E-state index is 0.0454. The van der Waals surface area contributed by atoms with E-state index in [1.807, 2.05) is 19.1 Å². The fourth-order valence-electron chi connectivity index (χ4n) is 4.33. The first-order chi connectivity index (χ1) is 18.3. The molecule has 4 aromatic rings. The van der Waals surface area contributed by atoms with Crippen molar-refractivity contribution in [1.82, 2.24) is 14.7 Å².